The van der Waals surface area contributed by atoms with Gasteiger partial charge in [0, 0.05) is 12.7 Å². The molecule has 0 aliphatic carbocycles. The number of anilines is 1. The summed E-state index contributed by atoms with van der Waals surface area (Å²) in [5.41, 5.74) is -0.0530. The van der Waals surface area contributed by atoms with Gasteiger partial charge < -0.3 is 14.8 Å². The average molecular weight is 332 g/mol. The predicted octanol–water partition coefficient (Wildman–Crippen LogP) is 4.27. The molecule has 0 aliphatic rings. The monoisotopic (exact) mass is 332 g/mol. The number of rotatable bonds is 9. The van der Waals surface area contributed by atoms with E-state index in [4.69, 9.17) is 9.47 Å². The van der Waals surface area contributed by atoms with Gasteiger partial charge in [-0.2, -0.15) is 5.26 Å². The zero-order valence-corrected chi connectivity index (χ0v) is 15.3. The number of ether oxygens (including phenoxy) is 2. The molecule has 2 atom stereocenters. The first-order valence-electron chi connectivity index (χ1n) is 8.56. The molecule has 0 bridgehead atoms. The lowest BCUT2D eigenvalue weighted by Crippen LogP contribution is -2.42. The van der Waals surface area contributed by atoms with Crippen molar-refractivity contribution in [2.45, 2.75) is 65.6 Å². The highest BCUT2D eigenvalue weighted by molar-refractivity contribution is 5.98. The Hall–Kier alpha value is -2.06. The molecule has 0 spiro atoms. The van der Waals surface area contributed by atoms with Gasteiger partial charge in [-0.3, -0.25) is 4.79 Å². The minimum Gasteiger partial charge on any atom is -0.491 e. The third-order valence-corrected chi connectivity index (χ3v) is 3.94. The Labute approximate surface area is 145 Å². The lowest BCUT2D eigenvalue weighted by atomic mass is 9.98. The number of nitriles is 1. The van der Waals surface area contributed by atoms with E-state index in [2.05, 4.69) is 11.4 Å². The first-order chi connectivity index (χ1) is 11.4. The Morgan fingerprint density at radius 2 is 2.08 bits per heavy atom. The second kappa shape index (κ2) is 9.29. The average Bonchev–Trinajstić information content (AvgIpc) is 2.56. The van der Waals surface area contributed by atoms with Crippen molar-refractivity contribution in [1.82, 2.24) is 0 Å². The molecule has 0 aliphatic heterocycles. The fourth-order valence-corrected chi connectivity index (χ4v) is 2.42. The van der Waals surface area contributed by atoms with E-state index in [1.54, 1.807) is 25.1 Å². The van der Waals surface area contributed by atoms with E-state index in [9.17, 15) is 10.1 Å². The van der Waals surface area contributed by atoms with Crippen LogP contribution in [0.25, 0.3) is 0 Å². The van der Waals surface area contributed by atoms with E-state index in [1.165, 1.54) is 0 Å². The van der Waals surface area contributed by atoms with Crippen LogP contribution in [-0.2, 0) is 9.53 Å². The molecule has 0 aromatic heterocycles. The Morgan fingerprint density at radius 1 is 1.38 bits per heavy atom. The minimum atomic E-state index is -0.901. The Bertz CT molecular complexity index is 587. The quantitative estimate of drug-likeness (QED) is 0.733. The summed E-state index contributed by atoms with van der Waals surface area (Å²) in [6.07, 6.45) is 2.40. The molecule has 0 saturated heterocycles. The third-order valence-electron chi connectivity index (χ3n) is 3.94. The van der Waals surface area contributed by atoms with Crippen LogP contribution in [0.2, 0.25) is 0 Å². The molecular weight excluding hydrogens is 304 g/mol. The van der Waals surface area contributed by atoms with E-state index in [0.717, 1.165) is 12.8 Å². The topological polar surface area (TPSA) is 71.3 Å². The predicted molar refractivity (Wildman–Crippen MR) is 95.1 cm³/mol. The summed E-state index contributed by atoms with van der Waals surface area (Å²) in [6, 6.07) is 7.23. The van der Waals surface area contributed by atoms with Crippen LogP contribution in [0.4, 0.5) is 5.69 Å². The third kappa shape index (κ3) is 5.24. The van der Waals surface area contributed by atoms with Gasteiger partial charge in [-0.15, -0.1) is 0 Å². The highest BCUT2D eigenvalue weighted by Gasteiger charge is 2.33. The first-order valence-corrected chi connectivity index (χ1v) is 8.56. The normalized spacial score (nSPS) is 14.3. The largest absolute Gasteiger partial charge is 0.491 e. The maximum Gasteiger partial charge on any atom is 0.256 e. The fourth-order valence-electron chi connectivity index (χ4n) is 2.42. The number of benzene rings is 1. The molecule has 0 heterocycles. The summed E-state index contributed by atoms with van der Waals surface area (Å²) in [5, 5.41) is 12.2. The number of carbonyl (C=O) groups is 1. The summed E-state index contributed by atoms with van der Waals surface area (Å²) < 4.78 is 11.4. The van der Waals surface area contributed by atoms with Crippen molar-refractivity contribution < 1.29 is 14.3 Å². The van der Waals surface area contributed by atoms with Crippen molar-refractivity contribution >= 4 is 11.6 Å². The van der Waals surface area contributed by atoms with Crippen molar-refractivity contribution in [1.29, 1.82) is 5.26 Å². The SMILES string of the molecule is CCC[C@@](C)(OCC)C(=O)Nc1ccc(O[C@H](C)CC)cc1C#N. The summed E-state index contributed by atoms with van der Waals surface area (Å²) >= 11 is 0. The van der Waals surface area contributed by atoms with Gasteiger partial charge in [0.15, 0.2) is 0 Å². The molecule has 24 heavy (non-hydrogen) atoms. The highest BCUT2D eigenvalue weighted by Crippen LogP contribution is 2.26. The van der Waals surface area contributed by atoms with Crippen LogP contribution >= 0.6 is 0 Å². The molecule has 5 nitrogen and oxygen atoms in total. The van der Waals surface area contributed by atoms with Crippen molar-refractivity contribution in [3.05, 3.63) is 23.8 Å². The van der Waals surface area contributed by atoms with Crippen LogP contribution in [0.3, 0.4) is 0 Å². The Morgan fingerprint density at radius 3 is 2.62 bits per heavy atom. The van der Waals surface area contributed by atoms with Gasteiger partial charge in [-0.1, -0.05) is 20.3 Å². The van der Waals surface area contributed by atoms with Crippen LogP contribution in [-0.4, -0.2) is 24.2 Å². The summed E-state index contributed by atoms with van der Waals surface area (Å²) in [6.45, 7) is 10.1. The van der Waals surface area contributed by atoms with E-state index in [-0.39, 0.29) is 12.0 Å². The van der Waals surface area contributed by atoms with Gasteiger partial charge >= 0.3 is 0 Å². The van der Waals surface area contributed by atoms with Crippen LogP contribution in [0.1, 0.15) is 59.4 Å². The lowest BCUT2D eigenvalue weighted by molar-refractivity contribution is -0.139. The molecule has 0 radical (unpaired) electrons. The smallest absolute Gasteiger partial charge is 0.256 e. The maximum atomic E-state index is 12.6. The molecular formula is C19H28N2O3. The maximum absolute atomic E-state index is 12.6. The number of nitrogens with zero attached hydrogens (tertiary/aromatic N) is 1. The summed E-state index contributed by atoms with van der Waals surface area (Å²) in [5.74, 6) is 0.387. The number of hydrogen-bond acceptors (Lipinski definition) is 4. The van der Waals surface area contributed by atoms with E-state index in [1.807, 2.05) is 27.7 Å². The number of amides is 1. The zero-order chi connectivity index (χ0) is 18.2. The minimum absolute atomic E-state index is 0.0720. The van der Waals surface area contributed by atoms with Crippen LogP contribution in [0.15, 0.2) is 18.2 Å². The van der Waals surface area contributed by atoms with Crippen molar-refractivity contribution in [2.75, 3.05) is 11.9 Å². The Balaban J connectivity index is 2.97. The Kier molecular flexibility index (Phi) is 7.73. The van der Waals surface area contributed by atoms with Crippen molar-refractivity contribution in [2.24, 2.45) is 0 Å². The van der Waals surface area contributed by atoms with Crippen molar-refractivity contribution in [3.8, 4) is 11.8 Å². The molecule has 0 unspecified atom stereocenters. The zero-order valence-electron chi connectivity index (χ0n) is 15.3. The van der Waals surface area contributed by atoms with Crippen molar-refractivity contribution in [3.63, 3.8) is 0 Å². The van der Waals surface area contributed by atoms with Crippen LogP contribution < -0.4 is 10.1 Å². The second-order valence-corrected chi connectivity index (χ2v) is 6.02. The molecule has 0 saturated carbocycles. The number of carbonyl (C=O) groups excluding carboxylic acids is 1. The standard InChI is InChI=1S/C19H28N2O3/c1-6-11-19(5,23-8-3)18(22)21-17-10-9-16(12-15(17)13-20)24-14(4)7-2/h9-10,12,14H,6-8,11H2,1-5H3,(H,21,22)/t14-,19-/m1/s1. The molecule has 132 valence electrons. The van der Waals surface area contributed by atoms with E-state index < -0.39 is 5.60 Å². The van der Waals surface area contributed by atoms with E-state index in [0.29, 0.717) is 30.0 Å². The summed E-state index contributed by atoms with van der Waals surface area (Å²) in [4.78, 5) is 12.6. The first kappa shape index (κ1) is 20.0. The molecule has 1 amide bonds. The van der Waals surface area contributed by atoms with Gasteiger partial charge in [0.25, 0.3) is 5.91 Å². The second-order valence-electron chi connectivity index (χ2n) is 6.02. The molecule has 0 fully saturated rings. The molecule has 1 N–H and O–H groups in total. The highest BCUT2D eigenvalue weighted by atomic mass is 16.5. The molecule has 1 aromatic rings. The van der Waals surface area contributed by atoms with Gasteiger partial charge in [-0.05, 0) is 45.7 Å². The van der Waals surface area contributed by atoms with Gasteiger partial charge in [0.1, 0.15) is 17.4 Å². The van der Waals surface area contributed by atoms with E-state index >= 15 is 0 Å². The fraction of sp³-hybridized carbons (Fsp3) is 0.579. The van der Waals surface area contributed by atoms with Gasteiger partial charge in [0.2, 0.25) is 0 Å². The molecule has 5 heteroatoms. The summed E-state index contributed by atoms with van der Waals surface area (Å²) in [7, 11) is 0. The number of hydrogen-bond donors (Lipinski definition) is 1. The van der Waals surface area contributed by atoms with Crippen LogP contribution in [0, 0.1) is 11.3 Å². The molecule has 1 rings (SSSR count). The molecule has 1 aromatic carbocycles. The van der Waals surface area contributed by atoms with Gasteiger partial charge in [-0.25, -0.2) is 0 Å². The lowest BCUT2D eigenvalue weighted by Gasteiger charge is -2.28. The van der Waals surface area contributed by atoms with Gasteiger partial charge in [0.05, 0.1) is 17.4 Å². The number of nitrogens with one attached hydrogen (secondary N) is 1. The van der Waals surface area contributed by atoms with Crippen LogP contribution in [0.5, 0.6) is 5.75 Å².